The van der Waals surface area contributed by atoms with Gasteiger partial charge in [-0.25, -0.2) is 4.39 Å². The van der Waals surface area contributed by atoms with Gasteiger partial charge in [0.25, 0.3) is 5.91 Å². The number of hydrogen-bond donors (Lipinski definition) is 2. The molecule has 0 fully saturated rings. The Balaban J connectivity index is 2.08. The van der Waals surface area contributed by atoms with Crippen molar-refractivity contribution in [2.24, 2.45) is 0 Å². The molecule has 7 heteroatoms. The molecule has 0 saturated carbocycles. The van der Waals surface area contributed by atoms with Gasteiger partial charge in [0.1, 0.15) is 5.82 Å². The zero-order valence-corrected chi connectivity index (χ0v) is 11.4. The number of hydrogen-bond acceptors (Lipinski definition) is 3. The lowest BCUT2D eigenvalue weighted by molar-refractivity contribution is 0.0946. The molecule has 0 bridgehead atoms. The van der Waals surface area contributed by atoms with Gasteiger partial charge in [0.05, 0.1) is 16.6 Å². The molecule has 94 valence electrons. The lowest BCUT2D eigenvalue weighted by atomic mass is 10.2. The van der Waals surface area contributed by atoms with Gasteiger partial charge in [-0.1, -0.05) is 17.4 Å². The van der Waals surface area contributed by atoms with E-state index in [1.807, 2.05) is 0 Å². The van der Waals surface area contributed by atoms with Crippen molar-refractivity contribution in [1.29, 1.82) is 0 Å². The number of H-pyrrole nitrogens is 1. The Morgan fingerprint density at radius 3 is 2.94 bits per heavy atom. The molecule has 0 aliphatic rings. The molecule has 0 spiro atoms. The number of carbonyl (C=O) groups excluding carboxylic acids is 1. The van der Waals surface area contributed by atoms with Gasteiger partial charge in [0.2, 0.25) is 0 Å². The smallest absolute Gasteiger partial charge is 0.304 e. The van der Waals surface area contributed by atoms with Gasteiger partial charge in [-0.05, 0) is 28.1 Å². The molecule has 0 unspecified atom stereocenters. The summed E-state index contributed by atoms with van der Waals surface area (Å²) in [7, 11) is 0. The third-order valence-electron chi connectivity index (χ3n) is 2.21. The SMILES string of the molecule is O=C(NCc1csc(=O)[nH]1)c1cccc(Br)c1F. The van der Waals surface area contributed by atoms with E-state index in [1.165, 1.54) is 12.1 Å². The van der Waals surface area contributed by atoms with Crippen LogP contribution in [0.25, 0.3) is 0 Å². The van der Waals surface area contributed by atoms with E-state index >= 15 is 0 Å². The number of carbonyl (C=O) groups is 1. The summed E-state index contributed by atoms with van der Waals surface area (Å²) < 4.78 is 13.9. The predicted octanol–water partition coefficient (Wildman–Crippen LogP) is 2.27. The monoisotopic (exact) mass is 330 g/mol. The average molecular weight is 331 g/mol. The van der Waals surface area contributed by atoms with Crippen molar-refractivity contribution < 1.29 is 9.18 Å². The summed E-state index contributed by atoms with van der Waals surface area (Å²) in [4.78, 5) is 25.0. The summed E-state index contributed by atoms with van der Waals surface area (Å²) in [5.74, 6) is -1.13. The van der Waals surface area contributed by atoms with Crippen LogP contribution in [-0.2, 0) is 6.54 Å². The third kappa shape index (κ3) is 2.85. The fraction of sp³-hybridized carbons (Fsp3) is 0.0909. The highest BCUT2D eigenvalue weighted by Gasteiger charge is 2.13. The van der Waals surface area contributed by atoms with Crippen LogP contribution >= 0.6 is 27.3 Å². The first-order valence-electron chi connectivity index (χ1n) is 4.97. The molecule has 0 atom stereocenters. The second-order valence-electron chi connectivity index (χ2n) is 3.46. The van der Waals surface area contributed by atoms with Crippen LogP contribution < -0.4 is 10.2 Å². The van der Waals surface area contributed by atoms with Gasteiger partial charge >= 0.3 is 4.87 Å². The summed E-state index contributed by atoms with van der Waals surface area (Å²) in [6.45, 7) is 0.156. The van der Waals surface area contributed by atoms with E-state index in [0.717, 1.165) is 11.3 Å². The van der Waals surface area contributed by atoms with Crippen molar-refractivity contribution >= 4 is 33.2 Å². The first-order valence-corrected chi connectivity index (χ1v) is 6.64. The van der Waals surface area contributed by atoms with Crippen LogP contribution in [0.2, 0.25) is 0 Å². The molecule has 0 aliphatic carbocycles. The van der Waals surface area contributed by atoms with Gasteiger partial charge < -0.3 is 10.3 Å². The Bertz CT molecular complexity index is 638. The summed E-state index contributed by atoms with van der Waals surface area (Å²) in [5.41, 5.74) is 0.552. The Morgan fingerprint density at radius 1 is 1.50 bits per heavy atom. The molecule has 0 aliphatic heterocycles. The molecule has 0 radical (unpaired) electrons. The van der Waals surface area contributed by atoms with Crippen molar-refractivity contribution in [3.05, 3.63) is 54.8 Å². The quantitative estimate of drug-likeness (QED) is 0.906. The van der Waals surface area contributed by atoms with Crippen LogP contribution in [0.5, 0.6) is 0 Å². The number of nitrogens with one attached hydrogen (secondary N) is 2. The molecular formula is C11H8BrFN2O2S. The largest absolute Gasteiger partial charge is 0.346 e. The van der Waals surface area contributed by atoms with Crippen LogP contribution in [0.3, 0.4) is 0 Å². The molecule has 1 aromatic carbocycles. The number of aromatic amines is 1. The van der Waals surface area contributed by atoms with Crippen molar-refractivity contribution in [1.82, 2.24) is 10.3 Å². The fourth-order valence-electron chi connectivity index (χ4n) is 1.35. The molecule has 18 heavy (non-hydrogen) atoms. The maximum Gasteiger partial charge on any atom is 0.304 e. The van der Waals surface area contributed by atoms with Gasteiger partial charge in [0, 0.05) is 11.1 Å². The zero-order valence-electron chi connectivity index (χ0n) is 9.00. The van der Waals surface area contributed by atoms with Crippen LogP contribution in [0, 0.1) is 5.82 Å². The number of thiazole rings is 1. The second kappa shape index (κ2) is 5.45. The number of rotatable bonds is 3. The van der Waals surface area contributed by atoms with Crippen molar-refractivity contribution in [3.63, 3.8) is 0 Å². The molecule has 1 amide bonds. The van der Waals surface area contributed by atoms with Crippen molar-refractivity contribution in [2.75, 3.05) is 0 Å². The third-order valence-corrected chi connectivity index (χ3v) is 3.54. The fourth-order valence-corrected chi connectivity index (χ4v) is 2.30. The number of benzene rings is 1. The molecule has 1 aromatic heterocycles. The molecule has 1 heterocycles. The van der Waals surface area contributed by atoms with Crippen LogP contribution in [0.1, 0.15) is 16.1 Å². The Labute approximate surface area is 114 Å². The van der Waals surface area contributed by atoms with Crippen molar-refractivity contribution in [2.45, 2.75) is 6.54 Å². The Hall–Kier alpha value is -1.47. The molecule has 2 rings (SSSR count). The van der Waals surface area contributed by atoms with Gasteiger partial charge in [-0.2, -0.15) is 0 Å². The average Bonchev–Trinajstić information content (AvgIpc) is 2.76. The minimum atomic E-state index is -0.603. The lowest BCUT2D eigenvalue weighted by Gasteiger charge is -2.05. The van der Waals surface area contributed by atoms with E-state index in [4.69, 9.17) is 0 Å². The van der Waals surface area contributed by atoms with Crippen LogP contribution in [0.15, 0.2) is 32.8 Å². The molecule has 0 saturated heterocycles. The summed E-state index contributed by atoms with van der Waals surface area (Å²) in [6, 6.07) is 4.49. The first-order chi connectivity index (χ1) is 8.58. The highest BCUT2D eigenvalue weighted by atomic mass is 79.9. The molecular weight excluding hydrogens is 323 g/mol. The number of halogens is 2. The summed E-state index contributed by atoms with van der Waals surface area (Å²) in [5, 5.41) is 4.14. The van der Waals surface area contributed by atoms with Gasteiger partial charge in [0.15, 0.2) is 0 Å². The maximum atomic E-state index is 13.6. The van der Waals surface area contributed by atoms with Gasteiger partial charge in [-0.3, -0.25) is 9.59 Å². The number of aromatic nitrogens is 1. The van der Waals surface area contributed by atoms with E-state index in [1.54, 1.807) is 11.4 Å². The minimum absolute atomic E-state index is 0.0399. The number of amides is 1. The maximum absolute atomic E-state index is 13.6. The predicted molar refractivity (Wildman–Crippen MR) is 70.2 cm³/mol. The van der Waals surface area contributed by atoms with Crippen LogP contribution in [-0.4, -0.2) is 10.9 Å². The zero-order chi connectivity index (χ0) is 13.1. The minimum Gasteiger partial charge on any atom is -0.346 e. The van der Waals surface area contributed by atoms with E-state index in [0.29, 0.717) is 5.69 Å². The highest BCUT2D eigenvalue weighted by Crippen LogP contribution is 2.18. The van der Waals surface area contributed by atoms with E-state index in [2.05, 4.69) is 26.2 Å². The van der Waals surface area contributed by atoms with Crippen LogP contribution in [0.4, 0.5) is 4.39 Å². The van der Waals surface area contributed by atoms with E-state index in [9.17, 15) is 14.0 Å². The standard InChI is InChI=1S/C11H8BrFN2O2S/c12-8-3-1-2-7(9(8)13)10(16)14-4-6-5-18-11(17)15-6/h1-3,5H,4H2,(H,14,16)(H,15,17). The summed E-state index contributed by atoms with van der Waals surface area (Å²) in [6.07, 6.45) is 0. The summed E-state index contributed by atoms with van der Waals surface area (Å²) >= 11 is 4.03. The second-order valence-corrected chi connectivity index (χ2v) is 5.15. The van der Waals surface area contributed by atoms with Crippen molar-refractivity contribution in [3.8, 4) is 0 Å². The highest BCUT2D eigenvalue weighted by molar-refractivity contribution is 9.10. The Morgan fingerprint density at radius 2 is 2.28 bits per heavy atom. The van der Waals surface area contributed by atoms with Gasteiger partial charge in [-0.15, -0.1) is 0 Å². The Kier molecular flexibility index (Phi) is 3.93. The molecule has 4 nitrogen and oxygen atoms in total. The molecule has 2 aromatic rings. The normalized spacial score (nSPS) is 10.3. The van der Waals surface area contributed by atoms with E-state index < -0.39 is 11.7 Å². The lowest BCUT2D eigenvalue weighted by Crippen LogP contribution is -2.24. The molecule has 2 N–H and O–H groups in total. The topological polar surface area (TPSA) is 62.0 Å². The van der Waals surface area contributed by atoms with E-state index in [-0.39, 0.29) is 21.5 Å². The first kappa shape index (κ1) is 13.0.